The van der Waals surface area contributed by atoms with Crippen molar-refractivity contribution in [1.29, 1.82) is 0 Å². The molecule has 0 fully saturated rings. The van der Waals surface area contributed by atoms with Gasteiger partial charge in [0.05, 0.1) is 6.10 Å². The number of aliphatic carboxylic acids is 1. The number of aliphatic hydroxyl groups excluding tert-OH is 1. The summed E-state index contributed by atoms with van der Waals surface area (Å²) in [5.74, 6) is -0.991. The third-order valence-electron chi connectivity index (χ3n) is 3.98. The normalized spacial score (nSPS) is 25.6. The number of carbonyl (C=O) groups is 1. The van der Waals surface area contributed by atoms with Gasteiger partial charge in [-0.05, 0) is 55.7 Å². The molecule has 0 spiro atoms. The standard InChI is InChI=1S/C20H28O3/c1-14(7-6-8-15(2)13-19(22)23)9-10-17-16(3)18(21)11-12-20(17,4)5/h6-10,13,18,21H,11-12H2,1-5H3,(H,22,23)/b8-6+,10-9+,14-7-,15-13+/i3D3. The first-order chi connectivity index (χ1) is 11.8. The van der Waals surface area contributed by atoms with Crippen molar-refractivity contribution in [1.82, 2.24) is 0 Å². The van der Waals surface area contributed by atoms with Crippen molar-refractivity contribution >= 4 is 5.97 Å². The summed E-state index contributed by atoms with van der Waals surface area (Å²) in [7, 11) is 0. The quantitative estimate of drug-likeness (QED) is 0.576. The summed E-state index contributed by atoms with van der Waals surface area (Å²) in [6.45, 7) is 5.22. The molecule has 0 aromatic carbocycles. The van der Waals surface area contributed by atoms with Crippen molar-refractivity contribution in [3.8, 4) is 0 Å². The third kappa shape index (κ3) is 6.03. The third-order valence-corrected chi connectivity index (χ3v) is 3.98. The zero-order valence-corrected chi connectivity index (χ0v) is 14.3. The Kier molecular flexibility index (Phi) is 5.19. The SMILES string of the molecule is [2H]C([2H])([2H])C1=C(/C=C/C(C)=C\C=C\C(C)=C\C(=O)O)C(C)(C)CCC1O. The molecule has 1 rings (SSSR count). The molecule has 23 heavy (non-hydrogen) atoms. The first kappa shape index (κ1) is 14.7. The predicted octanol–water partition coefficient (Wildman–Crippen LogP) is 4.57. The fourth-order valence-corrected chi connectivity index (χ4v) is 2.50. The number of carboxylic acids is 1. The molecule has 126 valence electrons. The molecule has 0 bridgehead atoms. The van der Waals surface area contributed by atoms with Crippen LogP contribution in [0.5, 0.6) is 0 Å². The zero-order chi connectivity index (χ0) is 20.1. The summed E-state index contributed by atoms with van der Waals surface area (Å²) in [5.41, 5.74) is 1.98. The summed E-state index contributed by atoms with van der Waals surface area (Å²) in [5, 5.41) is 18.9. The highest BCUT2D eigenvalue weighted by molar-refractivity contribution is 5.81. The van der Waals surface area contributed by atoms with Crippen molar-refractivity contribution in [2.45, 2.75) is 53.5 Å². The lowest BCUT2D eigenvalue weighted by molar-refractivity contribution is -0.131. The lowest BCUT2D eigenvalue weighted by Crippen LogP contribution is -2.27. The molecular formula is C20H28O3. The van der Waals surface area contributed by atoms with Gasteiger partial charge in [0.15, 0.2) is 0 Å². The summed E-state index contributed by atoms with van der Waals surface area (Å²) < 4.78 is 23.3. The maximum Gasteiger partial charge on any atom is 0.328 e. The van der Waals surface area contributed by atoms with Crippen LogP contribution in [0.3, 0.4) is 0 Å². The van der Waals surface area contributed by atoms with E-state index in [1.54, 1.807) is 25.2 Å². The first-order valence-corrected chi connectivity index (χ1v) is 7.72. The smallest absolute Gasteiger partial charge is 0.328 e. The minimum Gasteiger partial charge on any atom is -0.478 e. The van der Waals surface area contributed by atoms with Crippen molar-refractivity contribution < 1.29 is 19.1 Å². The van der Waals surface area contributed by atoms with Gasteiger partial charge in [-0.15, -0.1) is 0 Å². The lowest BCUT2D eigenvalue weighted by atomic mass is 9.71. The van der Waals surface area contributed by atoms with E-state index >= 15 is 0 Å². The fourth-order valence-electron chi connectivity index (χ4n) is 2.50. The number of rotatable bonds is 5. The molecule has 0 radical (unpaired) electrons. The van der Waals surface area contributed by atoms with Gasteiger partial charge in [-0.3, -0.25) is 0 Å². The molecule has 0 aromatic heterocycles. The average Bonchev–Trinajstić information content (AvgIpc) is 2.46. The summed E-state index contributed by atoms with van der Waals surface area (Å²) in [6.07, 6.45) is 10.2. The Balaban J connectivity index is 3.13. The van der Waals surface area contributed by atoms with Crippen LogP contribution >= 0.6 is 0 Å². The zero-order valence-electron chi connectivity index (χ0n) is 17.3. The van der Waals surface area contributed by atoms with Gasteiger partial charge in [-0.25, -0.2) is 4.79 Å². The Labute approximate surface area is 143 Å². The van der Waals surface area contributed by atoms with Crippen LogP contribution in [-0.4, -0.2) is 22.3 Å². The second-order valence-corrected chi connectivity index (χ2v) is 6.60. The van der Waals surface area contributed by atoms with E-state index in [2.05, 4.69) is 0 Å². The number of aliphatic hydroxyl groups is 1. The Bertz CT molecular complexity index is 690. The van der Waals surface area contributed by atoms with Crippen LogP contribution in [0.25, 0.3) is 0 Å². The molecule has 3 nitrogen and oxygen atoms in total. The number of allylic oxidation sites excluding steroid dienone is 8. The van der Waals surface area contributed by atoms with Crippen molar-refractivity contribution in [2.75, 3.05) is 0 Å². The van der Waals surface area contributed by atoms with Crippen LogP contribution in [0, 0.1) is 5.41 Å². The van der Waals surface area contributed by atoms with Crippen molar-refractivity contribution in [3.05, 3.63) is 58.7 Å². The largest absolute Gasteiger partial charge is 0.478 e. The first-order valence-electron chi connectivity index (χ1n) is 9.22. The van der Waals surface area contributed by atoms with Crippen molar-refractivity contribution in [2.24, 2.45) is 5.41 Å². The highest BCUT2D eigenvalue weighted by Gasteiger charge is 2.30. The average molecular weight is 319 g/mol. The molecule has 0 saturated heterocycles. The van der Waals surface area contributed by atoms with Gasteiger partial charge >= 0.3 is 5.97 Å². The molecular weight excluding hydrogens is 288 g/mol. The second kappa shape index (κ2) is 8.11. The van der Waals surface area contributed by atoms with E-state index in [0.717, 1.165) is 18.1 Å². The number of carboxylic acid groups (broad SMARTS) is 1. The van der Waals surface area contributed by atoms with Gasteiger partial charge in [-0.2, -0.15) is 0 Å². The molecule has 0 amide bonds. The van der Waals surface area contributed by atoms with E-state index in [1.165, 1.54) is 0 Å². The van der Waals surface area contributed by atoms with Gasteiger partial charge < -0.3 is 10.2 Å². The van der Waals surface area contributed by atoms with Crippen LogP contribution in [0.15, 0.2) is 58.7 Å². The van der Waals surface area contributed by atoms with Crippen LogP contribution in [0.2, 0.25) is 0 Å². The summed E-state index contributed by atoms with van der Waals surface area (Å²) >= 11 is 0. The predicted molar refractivity (Wildman–Crippen MR) is 95.2 cm³/mol. The van der Waals surface area contributed by atoms with Gasteiger partial charge in [0.2, 0.25) is 0 Å². The Morgan fingerprint density at radius 1 is 1.30 bits per heavy atom. The van der Waals surface area contributed by atoms with E-state index in [-0.39, 0.29) is 11.0 Å². The lowest BCUT2D eigenvalue weighted by Gasteiger charge is -2.35. The topological polar surface area (TPSA) is 57.5 Å². The van der Waals surface area contributed by atoms with E-state index in [1.807, 2.05) is 32.9 Å². The van der Waals surface area contributed by atoms with Crippen LogP contribution in [0.4, 0.5) is 0 Å². The highest BCUT2D eigenvalue weighted by atomic mass is 16.4. The molecule has 1 unspecified atom stereocenters. The molecule has 0 aromatic rings. The minimum absolute atomic E-state index is 0.133. The maximum absolute atomic E-state index is 10.6. The van der Waals surface area contributed by atoms with E-state index in [9.17, 15) is 9.90 Å². The fraction of sp³-hybridized carbons (Fsp3) is 0.450. The van der Waals surface area contributed by atoms with Crippen LogP contribution in [-0.2, 0) is 4.79 Å². The molecule has 3 heteroatoms. The molecule has 0 heterocycles. The molecule has 2 N–H and O–H groups in total. The monoisotopic (exact) mass is 319 g/mol. The highest BCUT2D eigenvalue weighted by Crippen LogP contribution is 2.40. The minimum atomic E-state index is -2.33. The Hall–Kier alpha value is -1.87. The van der Waals surface area contributed by atoms with E-state index in [4.69, 9.17) is 9.22 Å². The molecule has 1 aliphatic carbocycles. The molecule has 0 saturated carbocycles. The molecule has 1 aliphatic rings. The summed E-state index contributed by atoms with van der Waals surface area (Å²) in [4.78, 5) is 10.6. The number of hydrogen-bond donors (Lipinski definition) is 2. The van der Waals surface area contributed by atoms with Gasteiger partial charge in [0, 0.05) is 10.2 Å². The van der Waals surface area contributed by atoms with Gasteiger partial charge in [0.1, 0.15) is 0 Å². The molecule has 0 aliphatic heterocycles. The Morgan fingerprint density at radius 2 is 2.00 bits per heavy atom. The Morgan fingerprint density at radius 3 is 2.61 bits per heavy atom. The van der Waals surface area contributed by atoms with Crippen LogP contribution in [0.1, 0.15) is 51.5 Å². The van der Waals surface area contributed by atoms with E-state index in [0.29, 0.717) is 17.6 Å². The van der Waals surface area contributed by atoms with Gasteiger partial charge in [0.25, 0.3) is 0 Å². The second-order valence-electron chi connectivity index (χ2n) is 6.60. The number of hydrogen-bond acceptors (Lipinski definition) is 2. The maximum atomic E-state index is 10.6. The summed E-state index contributed by atoms with van der Waals surface area (Å²) in [6, 6.07) is 0. The van der Waals surface area contributed by atoms with Crippen molar-refractivity contribution in [3.63, 3.8) is 0 Å². The van der Waals surface area contributed by atoms with Gasteiger partial charge in [-0.1, -0.05) is 49.8 Å². The van der Waals surface area contributed by atoms with Crippen LogP contribution < -0.4 is 0 Å². The van der Waals surface area contributed by atoms with E-state index < -0.39 is 18.9 Å². The molecule has 1 atom stereocenters.